The number of hydrogen-bond donors (Lipinski definition) is 1. The molecule has 0 aliphatic heterocycles. The Bertz CT molecular complexity index is 834. The number of rotatable bonds is 8. The van der Waals surface area contributed by atoms with E-state index in [0.717, 1.165) is 6.42 Å². The Kier molecular flexibility index (Phi) is 5.96. The fourth-order valence-electron chi connectivity index (χ4n) is 4.99. The highest BCUT2D eigenvalue weighted by Crippen LogP contribution is 2.62. The number of nitrogens with one attached hydrogen (secondary N) is 1. The van der Waals surface area contributed by atoms with Crippen LogP contribution in [0.3, 0.4) is 0 Å². The van der Waals surface area contributed by atoms with E-state index < -0.39 is 22.4 Å². The number of ketones is 2. The molecule has 1 amide bonds. The van der Waals surface area contributed by atoms with Crippen molar-refractivity contribution in [2.24, 2.45) is 16.7 Å². The summed E-state index contributed by atoms with van der Waals surface area (Å²) in [5.41, 5.74) is -1.94. The third-order valence-electron chi connectivity index (χ3n) is 6.84. The summed E-state index contributed by atoms with van der Waals surface area (Å²) < 4.78 is 16.9. The minimum Gasteiger partial charge on any atom is -0.489 e. The molecule has 0 heterocycles. The molecular weight excluding hydrogens is 389 g/mol. The Balaban J connectivity index is 1.77. The van der Waals surface area contributed by atoms with E-state index in [2.05, 4.69) is 5.32 Å². The van der Waals surface area contributed by atoms with Crippen molar-refractivity contribution in [2.75, 3.05) is 0 Å². The van der Waals surface area contributed by atoms with Crippen LogP contribution in [0.1, 0.15) is 53.4 Å². The maximum absolute atomic E-state index is 13.3. The zero-order valence-corrected chi connectivity index (χ0v) is 18.3. The second-order valence-electron chi connectivity index (χ2n) is 8.69. The lowest BCUT2D eigenvalue weighted by atomic mass is 9.68. The summed E-state index contributed by atoms with van der Waals surface area (Å²) in [6, 6.07) is 6.62. The molecule has 29 heavy (non-hydrogen) atoms. The molecule has 2 saturated carbocycles. The van der Waals surface area contributed by atoms with Gasteiger partial charge in [0.05, 0.1) is 6.04 Å². The van der Waals surface area contributed by atoms with Crippen LogP contribution in [0.4, 0.5) is 0 Å². The molecule has 156 valence electrons. The minimum absolute atomic E-state index is 0.0487. The van der Waals surface area contributed by atoms with Crippen molar-refractivity contribution in [1.29, 1.82) is 0 Å². The van der Waals surface area contributed by atoms with Gasteiger partial charge in [0.1, 0.15) is 17.3 Å². The summed E-state index contributed by atoms with van der Waals surface area (Å²) in [4.78, 5) is 38.4. The Labute approximate surface area is 173 Å². The van der Waals surface area contributed by atoms with Gasteiger partial charge in [-0.15, -0.1) is 0 Å². The molecule has 6 nitrogen and oxygen atoms in total. The van der Waals surface area contributed by atoms with Gasteiger partial charge in [-0.25, -0.2) is 0 Å². The molecule has 1 N–H and O–H groups in total. The number of hydrogen-bond acceptors (Lipinski definition) is 5. The molecule has 0 spiro atoms. The smallest absolute Gasteiger partial charge is 0.235 e. The lowest BCUT2D eigenvalue weighted by Crippen LogP contribution is -2.55. The molecule has 1 aromatic rings. The molecule has 2 bridgehead atoms. The first kappa shape index (κ1) is 21.6. The minimum atomic E-state index is -1.27. The third-order valence-corrected chi connectivity index (χ3v) is 7.35. The van der Waals surface area contributed by atoms with Gasteiger partial charge in [0.25, 0.3) is 0 Å². The lowest BCUT2D eigenvalue weighted by Gasteiger charge is -2.36. The van der Waals surface area contributed by atoms with Crippen molar-refractivity contribution in [1.82, 2.24) is 5.32 Å². The van der Waals surface area contributed by atoms with Crippen LogP contribution in [0.15, 0.2) is 24.3 Å². The van der Waals surface area contributed by atoms with Crippen LogP contribution >= 0.6 is 8.46 Å². The number of ether oxygens (including phenoxy) is 1. The fourth-order valence-corrected chi connectivity index (χ4v) is 5.26. The van der Waals surface area contributed by atoms with Gasteiger partial charge in [0.2, 0.25) is 17.5 Å². The maximum atomic E-state index is 13.3. The first-order valence-corrected chi connectivity index (χ1v) is 11.0. The largest absolute Gasteiger partial charge is 0.489 e. The van der Waals surface area contributed by atoms with Crippen LogP contribution < -0.4 is 15.4 Å². The average Bonchev–Trinajstić information content (AvgIpc) is 3.04. The highest BCUT2D eigenvalue weighted by atomic mass is 31.1. The molecule has 4 atom stereocenters. The topological polar surface area (TPSA) is 89.5 Å². The van der Waals surface area contributed by atoms with Gasteiger partial charge in [-0.05, 0) is 55.9 Å². The van der Waals surface area contributed by atoms with Gasteiger partial charge in [0, 0.05) is 11.2 Å². The standard InChI is InChI=1S/C22H28NO5P/c1-5-6-17(13(2)28-14-7-9-15(29-27)10-8-14)23-20(26)22-12-11-16(21(22,3)4)18(24)19(22)25/h7-10,13,16-17H,5-6,11-12H2,1-4H3,(H,23,26). The zero-order valence-electron chi connectivity index (χ0n) is 17.4. The molecule has 4 unspecified atom stereocenters. The van der Waals surface area contributed by atoms with Crippen molar-refractivity contribution < 1.29 is 23.7 Å². The molecule has 0 aromatic heterocycles. The van der Waals surface area contributed by atoms with Crippen LogP contribution in [0, 0.1) is 16.7 Å². The summed E-state index contributed by atoms with van der Waals surface area (Å²) in [5.74, 6) is -1.03. The van der Waals surface area contributed by atoms with Gasteiger partial charge in [-0.1, -0.05) is 27.2 Å². The van der Waals surface area contributed by atoms with Crippen LogP contribution in [-0.4, -0.2) is 29.6 Å². The Morgan fingerprint density at radius 2 is 1.93 bits per heavy atom. The normalized spacial score (nSPS) is 27.1. The van der Waals surface area contributed by atoms with Crippen LogP contribution in [-0.2, 0) is 18.9 Å². The summed E-state index contributed by atoms with van der Waals surface area (Å²) >= 11 is 0. The molecule has 3 rings (SSSR count). The summed E-state index contributed by atoms with van der Waals surface area (Å²) in [6.07, 6.45) is 2.19. The van der Waals surface area contributed by atoms with Crippen LogP contribution in [0.2, 0.25) is 0 Å². The van der Waals surface area contributed by atoms with Crippen LogP contribution in [0.25, 0.3) is 0 Å². The predicted molar refractivity (Wildman–Crippen MR) is 110 cm³/mol. The molecule has 0 radical (unpaired) electrons. The number of carbonyl (C=O) groups excluding carboxylic acids is 3. The number of carbonyl (C=O) groups is 3. The quantitative estimate of drug-likeness (QED) is 0.399. The molecule has 0 saturated heterocycles. The highest BCUT2D eigenvalue weighted by molar-refractivity contribution is 7.34. The fraction of sp³-hybridized carbons (Fsp3) is 0.591. The molecule has 2 aliphatic carbocycles. The zero-order chi connectivity index (χ0) is 21.4. The van der Waals surface area contributed by atoms with Gasteiger partial charge in [-0.3, -0.25) is 18.9 Å². The van der Waals surface area contributed by atoms with Crippen molar-refractivity contribution in [3.63, 3.8) is 0 Å². The average molecular weight is 417 g/mol. The monoisotopic (exact) mass is 417 g/mol. The Hall–Kier alpha value is -2.07. The highest BCUT2D eigenvalue weighted by Gasteiger charge is 2.72. The number of amides is 1. The first-order chi connectivity index (χ1) is 13.7. The van der Waals surface area contributed by atoms with Crippen molar-refractivity contribution in [2.45, 2.75) is 65.5 Å². The van der Waals surface area contributed by atoms with Gasteiger partial charge in [0.15, 0.2) is 8.46 Å². The van der Waals surface area contributed by atoms with Gasteiger partial charge < -0.3 is 10.1 Å². The first-order valence-electron chi connectivity index (χ1n) is 10.2. The number of Topliss-reactive ketones (excluding diaryl/α,β-unsaturated/α-hetero) is 2. The van der Waals surface area contributed by atoms with Gasteiger partial charge >= 0.3 is 0 Å². The number of fused-ring (bicyclic) bond motifs is 2. The summed E-state index contributed by atoms with van der Waals surface area (Å²) in [7, 11) is -0.0487. The molecule has 2 fully saturated rings. The third kappa shape index (κ3) is 3.42. The van der Waals surface area contributed by atoms with Crippen molar-refractivity contribution in [3.8, 4) is 5.75 Å². The van der Waals surface area contributed by atoms with E-state index >= 15 is 0 Å². The second kappa shape index (κ2) is 7.98. The second-order valence-corrected chi connectivity index (χ2v) is 9.39. The van der Waals surface area contributed by atoms with E-state index in [1.807, 2.05) is 27.7 Å². The Morgan fingerprint density at radius 3 is 2.45 bits per heavy atom. The predicted octanol–water partition coefficient (Wildman–Crippen LogP) is 3.23. The van der Waals surface area contributed by atoms with E-state index in [1.165, 1.54) is 0 Å². The van der Waals surface area contributed by atoms with E-state index in [9.17, 15) is 18.9 Å². The van der Waals surface area contributed by atoms with Crippen molar-refractivity contribution in [3.05, 3.63) is 24.3 Å². The van der Waals surface area contributed by atoms with E-state index in [0.29, 0.717) is 30.3 Å². The molecule has 2 aliphatic rings. The van der Waals surface area contributed by atoms with E-state index in [1.54, 1.807) is 24.3 Å². The summed E-state index contributed by atoms with van der Waals surface area (Å²) in [6.45, 7) is 7.62. The van der Waals surface area contributed by atoms with Gasteiger partial charge in [-0.2, -0.15) is 0 Å². The number of benzene rings is 1. The molecular formula is C22H28NO5P. The SMILES string of the molecule is CCCC(NC(=O)C12CCC(C(=O)C1=O)C2(C)C)C(C)Oc1ccc(P=O)cc1. The Morgan fingerprint density at radius 1 is 1.28 bits per heavy atom. The maximum Gasteiger partial charge on any atom is 0.235 e. The lowest BCUT2D eigenvalue weighted by molar-refractivity contribution is -0.149. The van der Waals surface area contributed by atoms with E-state index in [4.69, 9.17) is 4.74 Å². The molecule has 7 heteroatoms. The van der Waals surface area contributed by atoms with E-state index in [-0.39, 0.29) is 32.4 Å². The van der Waals surface area contributed by atoms with Crippen molar-refractivity contribution >= 4 is 31.2 Å². The van der Waals surface area contributed by atoms with Crippen LogP contribution in [0.5, 0.6) is 5.75 Å². The summed E-state index contributed by atoms with van der Waals surface area (Å²) in [5, 5.41) is 3.70. The molecule has 1 aromatic carbocycles.